The van der Waals surface area contributed by atoms with Gasteiger partial charge in [0.15, 0.2) is 5.17 Å². The Morgan fingerprint density at radius 2 is 2.00 bits per heavy atom. The zero-order chi connectivity index (χ0) is 17.8. The molecule has 1 heterocycles. The molecule has 0 aliphatic heterocycles. The van der Waals surface area contributed by atoms with E-state index >= 15 is 0 Å². The van der Waals surface area contributed by atoms with Gasteiger partial charge in [-0.05, 0) is 42.0 Å². The number of thioether (sulfide) groups is 1. The molecule has 5 nitrogen and oxygen atoms in total. The van der Waals surface area contributed by atoms with E-state index < -0.39 is 5.63 Å². The molecule has 0 saturated carbocycles. The van der Waals surface area contributed by atoms with Gasteiger partial charge in [0.05, 0.1) is 12.8 Å². The molecular formula is C18H15ClN2O3S. The normalized spacial score (nSPS) is 11.7. The Hall–Kier alpha value is -2.44. The first-order valence-electron chi connectivity index (χ1n) is 7.38. The molecular weight excluding hydrogens is 360 g/mol. The highest BCUT2D eigenvalue weighted by Crippen LogP contribution is 2.26. The molecule has 128 valence electrons. The zero-order valence-corrected chi connectivity index (χ0v) is 14.9. The Bertz CT molecular complexity index is 984. The molecule has 0 amide bonds. The summed E-state index contributed by atoms with van der Waals surface area (Å²) in [5.74, 6) is 1.13. The molecule has 0 aliphatic rings. The molecule has 25 heavy (non-hydrogen) atoms. The predicted molar refractivity (Wildman–Crippen MR) is 103 cm³/mol. The van der Waals surface area contributed by atoms with Gasteiger partial charge >= 0.3 is 5.63 Å². The summed E-state index contributed by atoms with van der Waals surface area (Å²) in [4.78, 5) is 16.1. The number of methoxy groups -OCH3 is 1. The first-order chi connectivity index (χ1) is 12.0. The van der Waals surface area contributed by atoms with E-state index in [1.807, 2.05) is 12.1 Å². The monoisotopic (exact) mass is 374 g/mol. The van der Waals surface area contributed by atoms with Crippen LogP contribution in [-0.2, 0) is 5.75 Å². The molecule has 1 aromatic heterocycles. The van der Waals surface area contributed by atoms with Crippen LogP contribution < -0.4 is 16.1 Å². The van der Waals surface area contributed by atoms with Crippen molar-refractivity contribution >= 4 is 45.2 Å². The van der Waals surface area contributed by atoms with E-state index in [0.717, 1.165) is 16.6 Å². The van der Waals surface area contributed by atoms with Crippen molar-refractivity contribution in [1.82, 2.24) is 0 Å². The van der Waals surface area contributed by atoms with Crippen LogP contribution in [0.25, 0.3) is 11.0 Å². The van der Waals surface area contributed by atoms with Crippen LogP contribution in [0.3, 0.4) is 0 Å². The number of aliphatic imine (C=N–C) groups is 1. The second-order valence-electron chi connectivity index (χ2n) is 5.17. The van der Waals surface area contributed by atoms with Crippen molar-refractivity contribution in [2.24, 2.45) is 10.7 Å². The summed E-state index contributed by atoms with van der Waals surface area (Å²) in [5.41, 5.74) is 7.59. The molecule has 0 aliphatic carbocycles. The number of halogens is 1. The SMILES string of the molecule is COc1ccc2c(CSC(N)=Nc3ccc(Cl)cc3)cc(=O)oc2c1. The first-order valence-corrected chi connectivity index (χ1v) is 8.75. The molecule has 0 spiro atoms. The number of benzene rings is 2. The molecule has 0 atom stereocenters. The van der Waals surface area contributed by atoms with E-state index in [1.165, 1.54) is 17.8 Å². The van der Waals surface area contributed by atoms with Crippen LogP contribution in [0, 0.1) is 0 Å². The van der Waals surface area contributed by atoms with E-state index in [0.29, 0.717) is 27.3 Å². The number of nitrogens with two attached hydrogens (primary N) is 1. The van der Waals surface area contributed by atoms with Crippen LogP contribution in [0.15, 0.2) is 62.7 Å². The van der Waals surface area contributed by atoms with E-state index in [1.54, 1.807) is 37.4 Å². The molecule has 3 aromatic rings. The van der Waals surface area contributed by atoms with Gasteiger partial charge in [-0.15, -0.1) is 0 Å². The van der Waals surface area contributed by atoms with Crippen LogP contribution in [-0.4, -0.2) is 12.3 Å². The van der Waals surface area contributed by atoms with Crippen LogP contribution in [0.2, 0.25) is 5.02 Å². The summed E-state index contributed by atoms with van der Waals surface area (Å²) in [6, 6.07) is 13.9. The second-order valence-corrected chi connectivity index (χ2v) is 6.60. The third kappa shape index (κ3) is 4.35. The van der Waals surface area contributed by atoms with E-state index in [2.05, 4.69) is 4.99 Å². The zero-order valence-electron chi connectivity index (χ0n) is 13.4. The average Bonchev–Trinajstić information content (AvgIpc) is 2.61. The molecule has 0 unspecified atom stereocenters. The summed E-state index contributed by atoms with van der Waals surface area (Å²) in [7, 11) is 1.56. The van der Waals surface area contributed by atoms with Crippen LogP contribution >= 0.6 is 23.4 Å². The number of nitrogens with zero attached hydrogens (tertiary/aromatic N) is 1. The molecule has 3 rings (SSSR count). The highest BCUT2D eigenvalue weighted by atomic mass is 35.5. The summed E-state index contributed by atoms with van der Waals surface area (Å²) in [6.45, 7) is 0. The Kier molecular flexibility index (Phi) is 5.31. The van der Waals surface area contributed by atoms with Crippen LogP contribution in [0.1, 0.15) is 5.56 Å². The van der Waals surface area contributed by atoms with Crippen molar-refractivity contribution in [1.29, 1.82) is 0 Å². The fraction of sp³-hybridized carbons (Fsp3) is 0.111. The quantitative estimate of drug-likeness (QED) is 0.417. The van der Waals surface area contributed by atoms with Crippen molar-refractivity contribution in [2.75, 3.05) is 7.11 Å². The molecule has 2 aromatic carbocycles. The topological polar surface area (TPSA) is 77.8 Å². The van der Waals surface area contributed by atoms with E-state index in [-0.39, 0.29) is 0 Å². The van der Waals surface area contributed by atoms with Gasteiger partial charge in [0.1, 0.15) is 11.3 Å². The van der Waals surface area contributed by atoms with Crippen molar-refractivity contribution in [3.05, 3.63) is 69.5 Å². The minimum Gasteiger partial charge on any atom is -0.497 e. The fourth-order valence-corrected chi connectivity index (χ4v) is 3.12. The van der Waals surface area contributed by atoms with Gasteiger partial charge in [-0.2, -0.15) is 0 Å². The van der Waals surface area contributed by atoms with Crippen molar-refractivity contribution in [3.63, 3.8) is 0 Å². The molecule has 2 N–H and O–H groups in total. The van der Waals surface area contributed by atoms with Crippen molar-refractivity contribution < 1.29 is 9.15 Å². The third-order valence-electron chi connectivity index (χ3n) is 3.48. The lowest BCUT2D eigenvalue weighted by Gasteiger charge is -2.07. The summed E-state index contributed by atoms with van der Waals surface area (Å²) in [5, 5.41) is 1.88. The maximum absolute atomic E-state index is 11.8. The van der Waals surface area contributed by atoms with Crippen LogP contribution in [0.5, 0.6) is 5.75 Å². The van der Waals surface area contributed by atoms with Gasteiger partial charge < -0.3 is 14.9 Å². The molecule has 0 fully saturated rings. The lowest BCUT2D eigenvalue weighted by molar-refractivity contribution is 0.414. The summed E-state index contributed by atoms with van der Waals surface area (Å²) in [6.07, 6.45) is 0. The smallest absolute Gasteiger partial charge is 0.336 e. The van der Waals surface area contributed by atoms with Crippen LogP contribution in [0.4, 0.5) is 5.69 Å². The number of fused-ring (bicyclic) bond motifs is 1. The third-order valence-corrected chi connectivity index (χ3v) is 4.57. The molecule has 0 saturated heterocycles. The predicted octanol–water partition coefficient (Wildman–Crippen LogP) is 4.33. The number of ether oxygens (including phenoxy) is 1. The first kappa shape index (κ1) is 17.4. The Morgan fingerprint density at radius 3 is 2.72 bits per heavy atom. The van der Waals surface area contributed by atoms with Crippen molar-refractivity contribution in [2.45, 2.75) is 5.75 Å². The molecule has 7 heteroatoms. The lowest BCUT2D eigenvalue weighted by Crippen LogP contribution is -2.07. The standard InChI is InChI=1S/C18H15ClN2O3S/c1-23-14-6-7-15-11(8-17(22)24-16(15)9-14)10-25-18(20)21-13-4-2-12(19)3-5-13/h2-9H,10H2,1H3,(H2,20,21). The van der Waals surface area contributed by atoms with Gasteiger partial charge in [0, 0.05) is 28.3 Å². The minimum absolute atomic E-state index is 0.400. The average molecular weight is 375 g/mol. The number of rotatable bonds is 4. The van der Waals surface area contributed by atoms with Gasteiger partial charge in [-0.1, -0.05) is 23.4 Å². The van der Waals surface area contributed by atoms with Gasteiger partial charge in [0.2, 0.25) is 0 Å². The fourth-order valence-electron chi connectivity index (χ4n) is 2.28. The highest BCUT2D eigenvalue weighted by Gasteiger charge is 2.08. The van der Waals surface area contributed by atoms with Gasteiger partial charge in [-0.3, -0.25) is 0 Å². The maximum atomic E-state index is 11.8. The lowest BCUT2D eigenvalue weighted by atomic mass is 10.1. The Morgan fingerprint density at radius 1 is 1.24 bits per heavy atom. The summed E-state index contributed by atoms with van der Waals surface area (Å²) < 4.78 is 10.4. The highest BCUT2D eigenvalue weighted by molar-refractivity contribution is 8.13. The molecule has 0 radical (unpaired) electrons. The number of hydrogen-bond donors (Lipinski definition) is 1. The van der Waals surface area contributed by atoms with Gasteiger partial charge in [-0.25, -0.2) is 9.79 Å². The van der Waals surface area contributed by atoms with Crippen molar-refractivity contribution in [3.8, 4) is 5.75 Å². The Balaban J connectivity index is 1.83. The number of amidine groups is 1. The Labute approximate surface area is 153 Å². The van der Waals surface area contributed by atoms with Gasteiger partial charge in [0.25, 0.3) is 0 Å². The largest absolute Gasteiger partial charge is 0.497 e. The summed E-state index contributed by atoms with van der Waals surface area (Å²) >= 11 is 7.19. The second kappa shape index (κ2) is 7.63. The van der Waals surface area contributed by atoms with E-state index in [4.69, 9.17) is 26.5 Å². The number of hydrogen-bond acceptors (Lipinski definition) is 5. The van der Waals surface area contributed by atoms with E-state index in [9.17, 15) is 4.79 Å². The maximum Gasteiger partial charge on any atom is 0.336 e. The molecule has 0 bridgehead atoms. The minimum atomic E-state index is -0.412.